The van der Waals surface area contributed by atoms with Crippen molar-refractivity contribution >= 4 is 21.7 Å². The molecule has 1 aliphatic heterocycles. The van der Waals surface area contributed by atoms with E-state index in [9.17, 15) is 4.79 Å². The monoisotopic (exact) mass is 273 g/mol. The first-order chi connectivity index (χ1) is 7.20. The van der Waals surface area contributed by atoms with Gasteiger partial charge in [-0.15, -0.1) is 0 Å². The molecule has 5 nitrogen and oxygen atoms in total. The maximum atomic E-state index is 11.5. The van der Waals surface area contributed by atoms with Gasteiger partial charge in [0, 0.05) is 11.5 Å². The Balaban J connectivity index is 2.20. The van der Waals surface area contributed by atoms with Crippen LogP contribution in [0.2, 0.25) is 0 Å². The van der Waals surface area contributed by atoms with Gasteiger partial charge in [-0.1, -0.05) is 15.9 Å². The molecular formula is C9H12BrN3O2. The lowest BCUT2D eigenvalue weighted by Crippen LogP contribution is -2.27. The minimum Gasteiger partial charge on any atom is -0.383 e. The predicted molar refractivity (Wildman–Crippen MR) is 59.8 cm³/mol. The summed E-state index contributed by atoms with van der Waals surface area (Å²) in [6.07, 6.45) is 3.40. The number of alkyl halides is 1. The van der Waals surface area contributed by atoms with E-state index in [-0.39, 0.29) is 23.8 Å². The standard InChI is InChI=1S/C9H12BrN3O2/c10-5-6-1-2-8(15-6)13-4-3-7(11)12-9(13)14/h3-4,6,8H,1-2,5H2,(H2,11,12,14)/t6-,8+/m0/s1. The lowest BCUT2D eigenvalue weighted by atomic mass is 10.2. The van der Waals surface area contributed by atoms with Gasteiger partial charge in [0.1, 0.15) is 12.0 Å². The number of nitrogens with zero attached hydrogens (tertiary/aromatic N) is 2. The lowest BCUT2D eigenvalue weighted by molar-refractivity contribution is 0.0107. The van der Waals surface area contributed by atoms with E-state index < -0.39 is 0 Å². The molecule has 1 saturated heterocycles. The minimum absolute atomic E-state index is 0.180. The maximum Gasteiger partial charge on any atom is 0.351 e. The van der Waals surface area contributed by atoms with Crippen LogP contribution < -0.4 is 11.4 Å². The van der Waals surface area contributed by atoms with Gasteiger partial charge in [0.2, 0.25) is 0 Å². The van der Waals surface area contributed by atoms with Crippen LogP contribution in [0.25, 0.3) is 0 Å². The normalized spacial score (nSPS) is 25.7. The minimum atomic E-state index is -0.352. The van der Waals surface area contributed by atoms with Crippen molar-refractivity contribution in [1.29, 1.82) is 0 Å². The fourth-order valence-corrected chi connectivity index (χ4v) is 2.13. The molecule has 0 aromatic carbocycles. The Morgan fingerprint density at radius 1 is 1.67 bits per heavy atom. The van der Waals surface area contributed by atoms with E-state index in [1.807, 2.05) is 0 Å². The molecule has 0 bridgehead atoms. The van der Waals surface area contributed by atoms with E-state index >= 15 is 0 Å². The number of nitrogens with two attached hydrogens (primary N) is 1. The van der Waals surface area contributed by atoms with Gasteiger partial charge in [0.05, 0.1) is 6.10 Å². The summed E-state index contributed by atoms with van der Waals surface area (Å²) in [7, 11) is 0. The van der Waals surface area contributed by atoms with Crippen molar-refractivity contribution < 1.29 is 4.74 Å². The molecule has 1 aliphatic rings. The molecule has 0 aliphatic carbocycles. The highest BCUT2D eigenvalue weighted by molar-refractivity contribution is 9.09. The number of hydrogen-bond donors (Lipinski definition) is 1. The van der Waals surface area contributed by atoms with Gasteiger partial charge in [-0.2, -0.15) is 4.98 Å². The summed E-state index contributed by atoms with van der Waals surface area (Å²) < 4.78 is 7.14. The molecule has 2 rings (SSSR count). The first-order valence-electron chi connectivity index (χ1n) is 4.77. The molecule has 1 aromatic heterocycles. The summed E-state index contributed by atoms with van der Waals surface area (Å²) in [5, 5.41) is 0.792. The molecule has 15 heavy (non-hydrogen) atoms. The number of nitrogen functional groups attached to an aromatic ring is 1. The molecule has 82 valence electrons. The van der Waals surface area contributed by atoms with Crippen molar-refractivity contribution in [1.82, 2.24) is 9.55 Å². The van der Waals surface area contributed by atoms with Crippen molar-refractivity contribution in [2.45, 2.75) is 25.2 Å². The number of aromatic nitrogens is 2. The number of anilines is 1. The Kier molecular flexibility index (Phi) is 3.06. The fourth-order valence-electron chi connectivity index (χ4n) is 1.65. The highest BCUT2D eigenvalue weighted by atomic mass is 79.9. The Hall–Kier alpha value is -0.880. The average Bonchev–Trinajstić information content (AvgIpc) is 2.66. The average molecular weight is 274 g/mol. The molecular weight excluding hydrogens is 262 g/mol. The molecule has 0 amide bonds. The summed E-state index contributed by atoms with van der Waals surface area (Å²) in [5.74, 6) is 0.242. The van der Waals surface area contributed by atoms with Crippen LogP contribution in [0.15, 0.2) is 17.1 Å². The molecule has 2 heterocycles. The quantitative estimate of drug-likeness (QED) is 0.813. The third kappa shape index (κ3) is 2.21. The number of ether oxygens (including phenoxy) is 1. The summed E-state index contributed by atoms with van der Waals surface area (Å²) in [4.78, 5) is 15.2. The van der Waals surface area contributed by atoms with Crippen LogP contribution in [0.4, 0.5) is 5.82 Å². The van der Waals surface area contributed by atoms with E-state index in [1.54, 1.807) is 12.3 Å². The maximum absolute atomic E-state index is 11.5. The van der Waals surface area contributed by atoms with Crippen LogP contribution in [0.1, 0.15) is 19.1 Å². The first-order valence-corrected chi connectivity index (χ1v) is 5.89. The van der Waals surface area contributed by atoms with E-state index in [1.165, 1.54) is 4.57 Å². The SMILES string of the molecule is Nc1ccn([C@H]2CC[C@@H](CBr)O2)c(=O)n1. The summed E-state index contributed by atoms with van der Waals surface area (Å²) in [6.45, 7) is 0. The van der Waals surface area contributed by atoms with E-state index in [0.717, 1.165) is 18.2 Å². The lowest BCUT2D eigenvalue weighted by Gasteiger charge is -2.14. The predicted octanol–water partition coefficient (Wildman–Crippen LogP) is 0.898. The Morgan fingerprint density at radius 2 is 2.47 bits per heavy atom. The van der Waals surface area contributed by atoms with Crippen LogP contribution in [-0.4, -0.2) is 21.0 Å². The highest BCUT2D eigenvalue weighted by Crippen LogP contribution is 2.27. The van der Waals surface area contributed by atoms with Gasteiger partial charge >= 0.3 is 5.69 Å². The van der Waals surface area contributed by atoms with Crippen molar-refractivity contribution in [3.8, 4) is 0 Å². The van der Waals surface area contributed by atoms with Crippen molar-refractivity contribution in [2.24, 2.45) is 0 Å². The Labute approximate surface area is 95.4 Å². The molecule has 1 aromatic rings. The van der Waals surface area contributed by atoms with Crippen LogP contribution in [-0.2, 0) is 4.74 Å². The zero-order chi connectivity index (χ0) is 10.8. The third-order valence-electron chi connectivity index (χ3n) is 2.42. The fraction of sp³-hybridized carbons (Fsp3) is 0.556. The highest BCUT2D eigenvalue weighted by Gasteiger charge is 2.26. The molecule has 2 N–H and O–H groups in total. The van der Waals surface area contributed by atoms with Gasteiger partial charge in [0.15, 0.2) is 0 Å². The van der Waals surface area contributed by atoms with Crippen molar-refractivity contribution in [3.63, 3.8) is 0 Å². The zero-order valence-corrected chi connectivity index (χ0v) is 9.68. The van der Waals surface area contributed by atoms with Gasteiger partial charge in [-0.25, -0.2) is 4.79 Å². The van der Waals surface area contributed by atoms with Crippen LogP contribution in [0.5, 0.6) is 0 Å². The van der Waals surface area contributed by atoms with Gasteiger partial charge in [-0.05, 0) is 18.9 Å². The Morgan fingerprint density at radius 3 is 3.07 bits per heavy atom. The molecule has 0 saturated carbocycles. The molecule has 1 fully saturated rings. The molecule has 6 heteroatoms. The Bertz CT molecular complexity index is 407. The second-order valence-electron chi connectivity index (χ2n) is 3.49. The molecule has 2 atom stereocenters. The van der Waals surface area contributed by atoms with Crippen molar-refractivity contribution in [3.05, 3.63) is 22.7 Å². The molecule has 0 radical (unpaired) electrons. The second kappa shape index (κ2) is 4.32. The summed E-state index contributed by atoms with van der Waals surface area (Å²) in [5.41, 5.74) is 5.06. The van der Waals surface area contributed by atoms with Crippen molar-refractivity contribution in [2.75, 3.05) is 11.1 Å². The number of rotatable bonds is 2. The van der Waals surface area contributed by atoms with Crippen LogP contribution in [0.3, 0.4) is 0 Å². The van der Waals surface area contributed by atoms with Crippen LogP contribution in [0, 0.1) is 0 Å². The summed E-state index contributed by atoms with van der Waals surface area (Å²) in [6, 6.07) is 1.60. The first kappa shape index (κ1) is 10.6. The number of halogens is 1. The second-order valence-corrected chi connectivity index (χ2v) is 4.13. The zero-order valence-electron chi connectivity index (χ0n) is 8.10. The molecule has 0 unspecified atom stereocenters. The smallest absolute Gasteiger partial charge is 0.351 e. The van der Waals surface area contributed by atoms with E-state index in [2.05, 4.69) is 20.9 Å². The third-order valence-corrected chi connectivity index (χ3v) is 3.14. The van der Waals surface area contributed by atoms with Gasteiger partial charge in [-0.3, -0.25) is 4.57 Å². The number of hydrogen-bond acceptors (Lipinski definition) is 4. The summed E-state index contributed by atoms with van der Waals surface area (Å²) >= 11 is 3.36. The van der Waals surface area contributed by atoms with E-state index in [0.29, 0.717) is 0 Å². The van der Waals surface area contributed by atoms with E-state index in [4.69, 9.17) is 10.5 Å². The van der Waals surface area contributed by atoms with Gasteiger partial charge in [0.25, 0.3) is 0 Å². The topological polar surface area (TPSA) is 70.1 Å². The largest absolute Gasteiger partial charge is 0.383 e. The van der Waals surface area contributed by atoms with Crippen LogP contribution >= 0.6 is 15.9 Å². The van der Waals surface area contributed by atoms with Gasteiger partial charge < -0.3 is 10.5 Å². The molecule has 0 spiro atoms.